The Bertz CT molecular complexity index is 932. The first kappa shape index (κ1) is 25.1. The second-order valence-electron chi connectivity index (χ2n) is 9.84. The quantitative estimate of drug-likeness (QED) is 0.353. The van der Waals surface area contributed by atoms with Gasteiger partial charge in [-0.25, -0.2) is 0 Å². The minimum absolute atomic E-state index is 0.324. The molecule has 2 N–H and O–H groups in total. The maximum absolute atomic E-state index is 12.8. The lowest BCUT2D eigenvalue weighted by Crippen LogP contribution is -2.68. The van der Waals surface area contributed by atoms with Gasteiger partial charge in [0, 0.05) is 25.2 Å². The molecular weight excluding hydrogens is 432 g/mol. The van der Waals surface area contributed by atoms with E-state index in [-0.39, 0.29) is 0 Å². The number of esters is 3. The zero-order valence-corrected chi connectivity index (χ0v) is 19.8. The molecule has 1 aliphatic heterocycles. The Hall–Kier alpha value is -2.52. The molecule has 1 heterocycles. The van der Waals surface area contributed by atoms with Gasteiger partial charge < -0.3 is 24.4 Å². The van der Waals surface area contributed by atoms with Crippen molar-refractivity contribution in [2.75, 3.05) is 0 Å². The Labute approximate surface area is 192 Å². The SMILES string of the molecule is CC(=O)O[C@H]1CCC(C)=C[C@@H]2OC(=O)[C@H](C)[C@@]2(O)[C@H](OC(C)=O)[C@@H]2[C@]1(C)C=CC(=O)[C@@]2(C)O. The van der Waals surface area contributed by atoms with Crippen molar-refractivity contribution < 1.29 is 43.6 Å². The van der Waals surface area contributed by atoms with Crippen LogP contribution in [0.25, 0.3) is 0 Å². The van der Waals surface area contributed by atoms with Crippen LogP contribution in [0.1, 0.15) is 54.4 Å². The summed E-state index contributed by atoms with van der Waals surface area (Å²) < 4.78 is 16.8. The number of allylic oxidation sites excluding steroid dienone is 1. The van der Waals surface area contributed by atoms with Crippen LogP contribution < -0.4 is 0 Å². The molecule has 0 aromatic carbocycles. The van der Waals surface area contributed by atoms with Gasteiger partial charge in [0.25, 0.3) is 0 Å². The van der Waals surface area contributed by atoms with E-state index in [2.05, 4.69) is 0 Å². The van der Waals surface area contributed by atoms with E-state index in [1.807, 2.05) is 0 Å². The second-order valence-corrected chi connectivity index (χ2v) is 9.84. The van der Waals surface area contributed by atoms with E-state index in [9.17, 15) is 29.4 Å². The largest absolute Gasteiger partial charge is 0.462 e. The number of hydrogen-bond donors (Lipinski definition) is 2. The predicted molar refractivity (Wildman–Crippen MR) is 114 cm³/mol. The summed E-state index contributed by atoms with van der Waals surface area (Å²) >= 11 is 0. The number of rotatable bonds is 2. The number of hydrogen-bond acceptors (Lipinski definition) is 9. The van der Waals surface area contributed by atoms with Crippen LogP contribution in [0.2, 0.25) is 0 Å². The summed E-state index contributed by atoms with van der Waals surface area (Å²) in [6, 6.07) is 0. The minimum Gasteiger partial charge on any atom is -0.462 e. The van der Waals surface area contributed by atoms with E-state index in [1.165, 1.54) is 32.9 Å². The van der Waals surface area contributed by atoms with Crippen LogP contribution in [0.5, 0.6) is 0 Å². The van der Waals surface area contributed by atoms with Gasteiger partial charge in [-0.2, -0.15) is 0 Å². The molecule has 1 fully saturated rings. The Kier molecular flexibility index (Phi) is 6.36. The number of aliphatic hydroxyl groups is 2. The highest BCUT2D eigenvalue weighted by atomic mass is 16.6. The zero-order valence-electron chi connectivity index (χ0n) is 19.8. The van der Waals surface area contributed by atoms with Gasteiger partial charge >= 0.3 is 17.9 Å². The first-order valence-electron chi connectivity index (χ1n) is 11.1. The Morgan fingerprint density at radius 1 is 1.12 bits per heavy atom. The van der Waals surface area contributed by atoms with Crippen LogP contribution in [0.4, 0.5) is 0 Å². The molecule has 1 saturated heterocycles. The smallest absolute Gasteiger partial charge is 0.312 e. The van der Waals surface area contributed by atoms with Crippen molar-refractivity contribution in [3.8, 4) is 0 Å². The monoisotopic (exact) mass is 464 g/mol. The Morgan fingerprint density at radius 3 is 2.30 bits per heavy atom. The number of ether oxygens (including phenoxy) is 3. The van der Waals surface area contributed by atoms with Gasteiger partial charge in [0.05, 0.1) is 5.92 Å². The number of fused-ring (bicyclic) bond motifs is 2. The molecule has 9 heteroatoms. The summed E-state index contributed by atoms with van der Waals surface area (Å²) in [5.41, 5.74) is -4.69. The second kappa shape index (κ2) is 8.36. The molecule has 0 amide bonds. The lowest BCUT2D eigenvalue weighted by atomic mass is 9.55. The van der Waals surface area contributed by atoms with Gasteiger partial charge in [0.1, 0.15) is 17.8 Å². The van der Waals surface area contributed by atoms with E-state index in [4.69, 9.17) is 14.2 Å². The average molecular weight is 465 g/mol. The number of ketones is 1. The Balaban J connectivity index is 2.36. The maximum Gasteiger partial charge on any atom is 0.312 e. The maximum atomic E-state index is 12.8. The molecule has 0 aromatic rings. The molecule has 0 aromatic heterocycles. The standard InChI is InChI=1S/C24H32O9/c1-12-7-8-17(31-14(3)25)22(5)10-9-16(27)23(6,29)19(22)20(32-15(4)26)24(30)13(2)21(28)33-18(24)11-12/h9-11,13,17-20,29-30H,7-8H2,1-6H3/t13-,17-,18-,19+,20+,22+,23+,24-/m0/s1. The van der Waals surface area contributed by atoms with Crippen LogP contribution in [0.3, 0.4) is 0 Å². The van der Waals surface area contributed by atoms with Crippen molar-refractivity contribution in [2.45, 2.75) is 83.9 Å². The lowest BCUT2D eigenvalue weighted by molar-refractivity contribution is -0.224. The first-order valence-corrected chi connectivity index (χ1v) is 11.1. The zero-order chi connectivity index (χ0) is 24.9. The lowest BCUT2D eigenvalue weighted by Gasteiger charge is -2.54. The van der Waals surface area contributed by atoms with Crippen LogP contribution in [-0.2, 0) is 33.4 Å². The molecule has 2 aliphatic carbocycles. The van der Waals surface area contributed by atoms with Crippen LogP contribution in [0.15, 0.2) is 23.8 Å². The highest BCUT2D eigenvalue weighted by molar-refractivity contribution is 5.98. The average Bonchev–Trinajstić information content (AvgIpc) is 2.90. The fourth-order valence-corrected chi connectivity index (χ4v) is 5.55. The third-order valence-corrected chi connectivity index (χ3v) is 7.40. The summed E-state index contributed by atoms with van der Waals surface area (Å²) in [5.74, 6) is -5.10. The van der Waals surface area contributed by atoms with E-state index in [0.717, 1.165) is 12.5 Å². The highest BCUT2D eigenvalue weighted by Crippen LogP contribution is 2.54. The summed E-state index contributed by atoms with van der Waals surface area (Å²) in [6.45, 7) is 8.59. The summed E-state index contributed by atoms with van der Waals surface area (Å²) in [5, 5.41) is 23.5. The van der Waals surface area contributed by atoms with E-state index < -0.39 is 70.5 Å². The fourth-order valence-electron chi connectivity index (χ4n) is 5.55. The van der Waals surface area contributed by atoms with Crippen molar-refractivity contribution in [2.24, 2.45) is 17.3 Å². The molecule has 0 unspecified atom stereocenters. The molecule has 0 radical (unpaired) electrons. The molecule has 33 heavy (non-hydrogen) atoms. The van der Waals surface area contributed by atoms with E-state index in [1.54, 1.807) is 19.9 Å². The van der Waals surface area contributed by atoms with Gasteiger partial charge in [-0.3, -0.25) is 19.2 Å². The van der Waals surface area contributed by atoms with Crippen LogP contribution in [0, 0.1) is 17.3 Å². The highest BCUT2D eigenvalue weighted by Gasteiger charge is 2.68. The summed E-state index contributed by atoms with van der Waals surface area (Å²) in [6.07, 6.45) is 1.54. The van der Waals surface area contributed by atoms with E-state index >= 15 is 0 Å². The molecule has 0 saturated carbocycles. The topological polar surface area (TPSA) is 136 Å². The third-order valence-electron chi connectivity index (χ3n) is 7.40. The third kappa shape index (κ3) is 4.01. The van der Waals surface area contributed by atoms with Crippen molar-refractivity contribution in [1.29, 1.82) is 0 Å². The first-order chi connectivity index (χ1) is 15.2. The fraction of sp³-hybridized carbons (Fsp3) is 0.667. The van der Waals surface area contributed by atoms with Gasteiger partial charge in [0.15, 0.2) is 17.5 Å². The van der Waals surface area contributed by atoms with Gasteiger partial charge in [-0.1, -0.05) is 18.6 Å². The number of carbonyl (C=O) groups is 4. The van der Waals surface area contributed by atoms with Crippen molar-refractivity contribution in [3.63, 3.8) is 0 Å². The van der Waals surface area contributed by atoms with Crippen molar-refractivity contribution in [3.05, 3.63) is 23.8 Å². The minimum atomic E-state index is -2.12. The molecule has 3 rings (SSSR count). The molecule has 8 atom stereocenters. The van der Waals surface area contributed by atoms with Crippen LogP contribution in [-0.4, -0.2) is 63.4 Å². The summed E-state index contributed by atoms with van der Waals surface area (Å²) in [7, 11) is 0. The summed E-state index contributed by atoms with van der Waals surface area (Å²) in [4.78, 5) is 49.7. The van der Waals surface area contributed by atoms with Gasteiger partial charge in [-0.05, 0) is 45.8 Å². The van der Waals surface area contributed by atoms with Crippen LogP contribution >= 0.6 is 0 Å². The van der Waals surface area contributed by atoms with Crippen molar-refractivity contribution in [1.82, 2.24) is 0 Å². The number of carbonyl (C=O) groups excluding carboxylic acids is 4. The Morgan fingerprint density at radius 2 is 1.73 bits per heavy atom. The molecule has 3 aliphatic rings. The predicted octanol–water partition coefficient (Wildman–Crippen LogP) is 1.39. The molecule has 182 valence electrons. The van der Waals surface area contributed by atoms with Gasteiger partial charge in [-0.15, -0.1) is 0 Å². The molecule has 0 spiro atoms. The molecular formula is C24H32O9. The van der Waals surface area contributed by atoms with Crippen molar-refractivity contribution >= 4 is 23.7 Å². The molecule has 9 nitrogen and oxygen atoms in total. The van der Waals surface area contributed by atoms with Gasteiger partial charge in [0.2, 0.25) is 0 Å². The normalized spacial score (nSPS) is 43.0. The van der Waals surface area contributed by atoms with E-state index in [0.29, 0.717) is 12.8 Å². The molecule has 0 bridgehead atoms.